The van der Waals surface area contributed by atoms with Crippen molar-refractivity contribution in [2.24, 2.45) is 5.92 Å². The molecule has 1 aromatic rings. The van der Waals surface area contributed by atoms with E-state index in [1.54, 1.807) is 0 Å². The normalized spacial score (nSPS) is 14.2. The lowest BCUT2D eigenvalue weighted by atomic mass is 9.87. The molecule has 2 heteroatoms. The van der Waals surface area contributed by atoms with Crippen LogP contribution in [0.4, 0.5) is 0 Å². The standard InChI is InChI=1S/C18H31NO/c1-14(12-19-18(5,6)7)13-20-16-10-8-15(9-11-16)17(2,3)4/h8-11,14,19H,12-13H2,1-7H3. The third-order valence-corrected chi connectivity index (χ3v) is 3.24. The minimum Gasteiger partial charge on any atom is -0.493 e. The van der Waals surface area contributed by atoms with Crippen LogP contribution >= 0.6 is 0 Å². The Morgan fingerprint density at radius 1 is 1.00 bits per heavy atom. The van der Waals surface area contributed by atoms with Crippen molar-refractivity contribution in [3.8, 4) is 5.75 Å². The summed E-state index contributed by atoms with van der Waals surface area (Å²) in [6.45, 7) is 17.2. The first kappa shape index (κ1) is 17.0. The lowest BCUT2D eigenvalue weighted by Gasteiger charge is -2.23. The zero-order chi connectivity index (χ0) is 15.4. The van der Waals surface area contributed by atoms with E-state index in [2.05, 4.69) is 78.0 Å². The van der Waals surface area contributed by atoms with E-state index in [9.17, 15) is 0 Å². The van der Waals surface area contributed by atoms with Crippen molar-refractivity contribution in [2.75, 3.05) is 13.2 Å². The molecular formula is C18H31NO. The highest BCUT2D eigenvalue weighted by Gasteiger charge is 2.14. The van der Waals surface area contributed by atoms with Crippen LogP contribution in [0.15, 0.2) is 24.3 Å². The van der Waals surface area contributed by atoms with Gasteiger partial charge in [0, 0.05) is 18.0 Å². The molecule has 0 radical (unpaired) electrons. The number of ether oxygens (including phenoxy) is 1. The van der Waals surface area contributed by atoms with Gasteiger partial charge in [-0.2, -0.15) is 0 Å². The first-order valence-corrected chi connectivity index (χ1v) is 7.56. The highest BCUT2D eigenvalue weighted by Crippen LogP contribution is 2.24. The quantitative estimate of drug-likeness (QED) is 0.862. The Morgan fingerprint density at radius 2 is 1.55 bits per heavy atom. The lowest BCUT2D eigenvalue weighted by molar-refractivity contribution is 0.244. The van der Waals surface area contributed by atoms with E-state index in [1.807, 2.05) is 0 Å². The average Bonchev–Trinajstić information content (AvgIpc) is 2.32. The smallest absolute Gasteiger partial charge is 0.119 e. The van der Waals surface area contributed by atoms with Crippen LogP contribution in [0.1, 0.15) is 54.0 Å². The van der Waals surface area contributed by atoms with E-state index < -0.39 is 0 Å². The minimum atomic E-state index is 0.169. The molecule has 0 amide bonds. The van der Waals surface area contributed by atoms with E-state index in [4.69, 9.17) is 4.74 Å². The van der Waals surface area contributed by atoms with E-state index >= 15 is 0 Å². The maximum atomic E-state index is 5.86. The highest BCUT2D eigenvalue weighted by molar-refractivity contribution is 5.31. The van der Waals surface area contributed by atoms with Crippen molar-refractivity contribution in [3.63, 3.8) is 0 Å². The molecule has 0 aliphatic rings. The van der Waals surface area contributed by atoms with Crippen LogP contribution in [0.25, 0.3) is 0 Å². The van der Waals surface area contributed by atoms with Gasteiger partial charge < -0.3 is 10.1 Å². The summed E-state index contributed by atoms with van der Waals surface area (Å²) in [5.41, 5.74) is 1.71. The number of nitrogens with one attached hydrogen (secondary N) is 1. The Hall–Kier alpha value is -1.02. The number of rotatable bonds is 5. The van der Waals surface area contributed by atoms with Crippen molar-refractivity contribution < 1.29 is 4.74 Å². The molecule has 0 saturated heterocycles. The zero-order valence-electron chi connectivity index (χ0n) is 14.2. The summed E-state index contributed by atoms with van der Waals surface area (Å²) >= 11 is 0. The second-order valence-electron chi connectivity index (χ2n) is 7.82. The molecule has 0 aliphatic carbocycles. The fourth-order valence-corrected chi connectivity index (χ4v) is 1.83. The molecule has 0 aromatic heterocycles. The molecule has 1 unspecified atom stereocenters. The molecule has 0 saturated carbocycles. The summed E-state index contributed by atoms with van der Waals surface area (Å²) in [5.74, 6) is 1.46. The van der Waals surface area contributed by atoms with Gasteiger partial charge in [0.2, 0.25) is 0 Å². The van der Waals surface area contributed by atoms with Gasteiger partial charge in [0.1, 0.15) is 5.75 Å². The molecule has 2 nitrogen and oxygen atoms in total. The second kappa shape index (κ2) is 6.62. The lowest BCUT2D eigenvalue weighted by Crippen LogP contribution is -2.39. The molecule has 0 spiro atoms. The van der Waals surface area contributed by atoms with Crippen LogP contribution in [-0.4, -0.2) is 18.7 Å². The first-order chi connectivity index (χ1) is 9.08. The molecule has 1 rings (SSSR count). The minimum absolute atomic E-state index is 0.169. The van der Waals surface area contributed by atoms with Gasteiger partial charge in [-0.15, -0.1) is 0 Å². The number of hydrogen-bond donors (Lipinski definition) is 1. The second-order valence-corrected chi connectivity index (χ2v) is 7.82. The fraction of sp³-hybridized carbons (Fsp3) is 0.667. The van der Waals surface area contributed by atoms with Crippen LogP contribution in [0, 0.1) is 5.92 Å². The van der Waals surface area contributed by atoms with E-state index in [0.29, 0.717) is 5.92 Å². The van der Waals surface area contributed by atoms with E-state index in [0.717, 1.165) is 18.9 Å². The SMILES string of the molecule is CC(CNC(C)(C)C)COc1ccc(C(C)(C)C)cc1. The molecular weight excluding hydrogens is 246 g/mol. The third kappa shape index (κ3) is 6.42. The molecule has 1 atom stereocenters. The Labute approximate surface area is 124 Å². The Morgan fingerprint density at radius 3 is 2.00 bits per heavy atom. The first-order valence-electron chi connectivity index (χ1n) is 7.56. The molecule has 0 aliphatic heterocycles. The Kier molecular flexibility index (Phi) is 5.64. The van der Waals surface area contributed by atoms with Crippen molar-refractivity contribution in [1.82, 2.24) is 5.32 Å². The van der Waals surface area contributed by atoms with Gasteiger partial charge in [0.25, 0.3) is 0 Å². The molecule has 0 heterocycles. The topological polar surface area (TPSA) is 21.3 Å². The fourth-order valence-electron chi connectivity index (χ4n) is 1.83. The average molecular weight is 277 g/mol. The summed E-state index contributed by atoms with van der Waals surface area (Å²) in [7, 11) is 0. The van der Waals surface area contributed by atoms with Crippen LogP contribution in [0.3, 0.4) is 0 Å². The third-order valence-electron chi connectivity index (χ3n) is 3.24. The molecule has 0 bridgehead atoms. The van der Waals surface area contributed by atoms with Gasteiger partial charge in [-0.25, -0.2) is 0 Å². The van der Waals surface area contributed by atoms with Crippen molar-refractivity contribution in [1.29, 1.82) is 0 Å². The monoisotopic (exact) mass is 277 g/mol. The van der Waals surface area contributed by atoms with Crippen molar-refractivity contribution >= 4 is 0 Å². The van der Waals surface area contributed by atoms with E-state index in [-0.39, 0.29) is 11.0 Å². The van der Waals surface area contributed by atoms with Crippen molar-refractivity contribution in [2.45, 2.75) is 59.4 Å². The van der Waals surface area contributed by atoms with Gasteiger partial charge in [0.15, 0.2) is 0 Å². The maximum absolute atomic E-state index is 5.86. The van der Waals surface area contributed by atoms with Gasteiger partial charge in [-0.05, 0) is 43.9 Å². The largest absolute Gasteiger partial charge is 0.493 e. The maximum Gasteiger partial charge on any atom is 0.119 e. The molecule has 114 valence electrons. The molecule has 0 fully saturated rings. The summed E-state index contributed by atoms with van der Waals surface area (Å²) in [4.78, 5) is 0. The Bertz CT molecular complexity index is 395. The van der Waals surface area contributed by atoms with Crippen molar-refractivity contribution in [3.05, 3.63) is 29.8 Å². The van der Waals surface area contributed by atoms with Crippen LogP contribution in [0.5, 0.6) is 5.75 Å². The predicted molar refractivity (Wildman–Crippen MR) is 87.6 cm³/mol. The molecule has 1 aromatic carbocycles. The van der Waals surface area contributed by atoms with E-state index in [1.165, 1.54) is 5.56 Å². The van der Waals surface area contributed by atoms with Gasteiger partial charge in [-0.3, -0.25) is 0 Å². The van der Waals surface area contributed by atoms with Gasteiger partial charge in [-0.1, -0.05) is 39.8 Å². The Balaban J connectivity index is 2.42. The van der Waals surface area contributed by atoms with Crippen LogP contribution in [0.2, 0.25) is 0 Å². The molecule has 1 N–H and O–H groups in total. The zero-order valence-corrected chi connectivity index (χ0v) is 14.2. The van der Waals surface area contributed by atoms with Gasteiger partial charge >= 0.3 is 0 Å². The summed E-state index contributed by atoms with van der Waals surface area (Å²) < 4.78 is 5.86. The van der Waals surface area contributed by atoms with Crippen LogP contribution in [-0.2, 0) is 5.41 Å². The molecule has 20 heavy (non-hydrogen) atoms. The number of benzene rings is 1. The number of hydrogen-bond acceptors (Lipinski definition) is 2. The highest BCUT2D eigenvalue weighted by atomic mass is 16.5. The summed E-state index contributed by atoms with van der Waals surface area (Å²) in [5, 5.41) is 3.51. The summed E-state index contributed by atoms with van der Waals surface area (Å²) in [6.07, 6.45) is 0. The summed E-state index contributed by atoms with van der Waals surface area (Å²) in [6, 6.07) is 8.47. The predicted octanol–water partition coefficient (Wildman–Crippen LogP) is 4.39. The van der Waals surface area contributed by atoms with Gasteiger partial charge in [0.05, 0.1) is 6.61 Å². The van der Waals surface area contributed by atoms with Crippen LogP contribution < -0.4 is 10.1 Å².